The third-order valence-corrected chi connectivity index (χ3v) is 5.25. The lowest BCUT2D eigenvalue weighted by atomic mass is 9.92. The van der Waals surface area contributed by atoms with Crippen molar-refractivity contribution < 1.29 is 14.3 Å². The monoisotopic (exact) mass is 405 g/mol. The fourth-order valence-corrected chi connectivity index (χ4v) is 3.75. The maximum absolute atomic E-state index is 12.9. The van der Waals surface area contributed by atoms with Gasteiger partial charge in [-0.15, -0.1) is 0 Å². The van der Waals surface area contributed by atoms with Crippen molar-refractivity contribution in [3.8, 4) is 5.75 Å². The summed E-state index contributed by atoms with van der Waals surface area (Å²) in [6.45, 7) is 7.87. The summed E-state index contributed by atoms with van der Waals surface area (Å²) >= 11 is 6.08. The minimum absolute atomic E-state index is 0.0857. The molecule has 1 saturated heterocycles. The Balaban J connectivity index is 2.08. The van der Waals surface area contributed by atoms with Gasteiger partial charge < -0.3 is 9.47 Å². The van der Waals surface area contributed by atoms with Gasteiger partial charge in [-0.2, -0.15) is 4.99 Å². The van der Waals surface area contributed by atoms with Crippen molar-refractivity contribution in [1.82, 2.24) is 9.36 Å². The van der Waals surface area contributed by atoms with Crippen molar-refractivity contribution in [2.24, 2.45) is 12.0 Å². The topological polar surface area (TPSA) is 57.8 Å². The summed E-state index contributed by atoms with van der Waals surface area (Å²) in [6, 6.07) is 6.93. The smallest absolute Gasteiger partial charge is 0.282 e. The van der Waals surface area contributed by atoms with Gasteiger partial charge in [-0.05, 0) is 31.0 Å². The Labute approximate surface area is 170 Å². The molecule has 1 aromatic heterocycles. The standard InChI is InChI=1S/C21H28ClN3O3/c1-21(2,3)18-12-19(25(24(18)4)13-15-7-6-10-28-15)23-20(26)16-11-14(22)8-9-17(16)27-5/h8-9,11-12,15H,6-7,10,13H2,1-5H3/b23-19-/t15-/m0/s1. The van der Waals surface area contributed by atoms with Crippen LogP contribution < -0.4 is 10.2 Å². The van der Waals surface area contributed by atoms with Crippen molar-refractivity contribution in [2.75, 3.05) is 13.7 Å². The van der Waals surface area contributed by atoms with Crippen LogP contribution in [0, 0.1) is 0 Å². The average Bonchev–Trinajstić information content (AvgIpc) is 3.24. The van der Waals surface area contributed by atoms with Gasteiger partial charge in [0.05, 0.1) is 25.3 Å². The van der Waals surface area contributed by atoms with Gasteiger partial charge in [0, 0.05) is 35.9 Å². The van der Waals surface area contributed by atoms with Gasteiger partial charge in [-0.1, -0.05) is 32.4 Å². The highest BCUT2D eigenvalue weighted by Crippen LogP contribution is 2.24. The summed E-state index contributed by atoms with van der Waals surface area (Å²) < 4.78 is 15.2. The van der Waals surface area contributed by atoms with Crippen LogP contribution in [0.1, 0.15) is 49.7 Å². The second-order valence-corrected chi connectivity index (χ2v) is 8.58. The summed E-state index contributed by atoms with van der Waals surface area (Å²) in [5.41, 5.74) is 1.96. The molecule has 1 amide bonds. The summed E-state index contributed by atoms with van der Waals surface area (Å²) in [5.74, 6) is 0.0716. The summed E-state index contributed by atoms with van der Waals surface area (Å²) in [6.07, 6.45) is 2.21. The zero-order chi connectivity index (χ0) is 20.5. The molecule has 2 aromatic rings. The predicted molar refractivity (Wildman–Crippen MR) is 109 cm³/mol. The molecule has 7 heteroatoms. The van der Waals surface area contributed by atoms with Crippen LogP contribution in [0.25, 0.3) is 0 Å². The van der Waals surface area contributed by atoms with E-state index in [-0.39, 0.29) is 17.4 Å². The van der Waals surface area contributed by atoms with Crippen molar-refractivity contribution in [1.29, 1.82) is 0 Å². The number of amides is 1. The number of carbonyl (C=O) groups excluding carboxylic acids is 1. The van der Waals surface area contributed by atoms with E-state index < -0.39 is 0 Å². The number of ether oxygens (including phenoxy) is 2. The lowest BCUT2D eigenvalue weighted by Crippen LogP contribution is -2.30. The molecule has 1 fully saturated rings. The van der Waals surface area contributed by atoms with Crippen LogP contribution in [0.5, 0.6) is 5.75 Å². The van der Waals surface area contributed by atoms with E-state index in [0.717, 1.165) is 25.1 Å². The minimum Gasteiger partial charge on any atom is -0.496 e. The fourth-order valence-electron chi connectivity index (χ4n) is 3.57. The third-order valence-electron chi connectivity index (χ3n) is 5.02. The van der Waals surface area contributed by atoms with Crippen LogP contribution in [0.2, 0.25) is 5.02 Å². The molecule has 152 valence electrons. The third kappa shape index (κ3) is 4.33. The number of nitrogens with zero attached hydrogens (tertiary/aromatic N) is 3. The molecule has 28 heavy (non-hydrogen) atoms. The van der Waals surface area contributed by atoms with Gasteiger partial charge in [-0.3, -0.25) is 14.2 Å². The first kappa shape index (κ1) is 20.7. The summed E-state index contributed by atoms with van der Waals surface area (Å²) in [4.78, 5) is 17.4. The molecule has 0 radical (unpaired) electrons. The van der Waals surface area contributed by atoms with E-state index in [1.807, 2.05) is 17.8 Å². The molecule has 6 nitrogen and oxygen atoms in total. The molecule has 1 aromatic carbocycles. The lowest BCUT2D eigenvalue weighted by Gasteiger charge is -2.21. The van der Waals surface area contributed by atoms with Crippen molar-refractivity contribution in [2.45, 2.75) is 51.7 Å². The quantitative estimate of drug-likeness (QED) is 0.779. The molecular formula is C21H28ClN3O3. The van der Waals surface area contributed by atoms with Crippen LogP contribution in [0.15, 0.2) is 29.3 Å². The number of carbonyl (C=O) groups is 1. The molecule has 0 aliphatic carbocycles. The molecule has 3 rings (SSSR count). The van der Waals surface area contributed by atoms with E-state index in [1.54, 1.807) is 18.2 Å². The Bertz CT molecular complexity index is 931. The van der Waals surface area contributed by atoms with Crippen molar-refractivity contribution in [3.63, 3.8) is 0 Å². The number of methoxy groups -OCH3 is 1. The summed E-state index contributed by atoms with van der Waals surface area (Å²) in [7, 11) is 3.52. The van der Waals surface area contributed by atoms with Gasteiger partial charge in [0.2, 0.25) is 0 Å². The lowest BCUT2D eigenvalue weighted by molar-refractivity contribution is 0.0885. The van der Waals surface area contributed by atoms with Crippen molar-refractivity contribution >= 4 is 17.5 Å². The molecule has 0 N–H and O–H groups in total. The molecule has 0 spiro atoms. The van der Waals surface area contributed by atoms with Crippen LogP contribution >= 0.6 is 11.6 Å². The highest BCUT2D eigenvalue weighted by molar-refractivity contribution is 6.31. The van der Waals surface area contributed by atoms with E-state index in [2.05, 4.69) is 30.4 Å². The zero-order valence-corrected chi connectivity index (χ0v) is 17.9. The predicted octanol–water partition coefficient (Wildman–Crippen LogP) is 3.71. The second kappa shape index (κ2) is 8.13. The van der Waals surface area contributed by atoms with Gasteiger partial charge in [0.15, 0.2) is 5.49 Å². The Hall–Kier alpha value is -2.05. The van der Waals surface area contributed by atoms with Gasteiger partial charge in [0.25, 0.3) is 5.91 Å². The molecule has 0 unspecified atom stereocenters. The number of hydrogen-bond acceptors (Lipinski definition) is 3. The van der Waals surface area contributed by atoms with Gasteiger partial charge in [-0.25, -0.2) is 0 Å². The Morgan fingerprint density at radius 2 is 2.11 bits per heavy atom. The fraction of sp³-hybridized carbons (Fsp3) is 0.524. The number of benzene rings is 1. The number of aromatic nitrogens is 2. The number of rotatable bonds is 4. The van der Waals surface area contributed by atoms with E-state index in [0.29, 0.717) is 28.4 Å². The Morgan fingerprint density at radius 3 is 2.71 bits per heavy atom. The molecule has 1 atom stereocenters. The van der Waals surface area contributed by atoms with Crippen molar-refractivity contribution in [3.05, 3.63) is 46.0 Å². The SMILES string of the molecule is COc1ccc(Cl)cc1C(=O)/N=c1/cc(C(C)(C)C)n(C)n1C[C@@H]1CCCO1. The summed E-state index contributed by atoms with van der Waals surface area (Å²) in [5, 5.41) is 0.468. The van der Waals surface area contributed by atoms with E-state index in [9.17, 15) is 4.79 Å². The second-order valence-electron chi connectivity index (χ2n) is 8.14. The molecule has 0 saturated carbocycles. The van der Waals surface area contributed by atoms with E-state index in [1.165, 1.54) is 7.11 Å². The average molecular weight is 406 g/mol. The van der Waals surface area contributed by atoms with Crippen LogP contribution in [0.3, 0.4) is 0 Å². The number of halogens is 1. The highest BCUT2D eigenvalue weighted by atomic mass is 35.5. The number of hydrogen-bond donors (Lipinski definition) is 0. The molecule has 1 aliphatic heterocycles. The van der Waals surface area contributed by atoms with Gasteiger partial charge >= 0.3 is 0 Å². The van der Waals surface area contributed by atoms with Crippen LogP contribution in [0.4, 0.5) is 0 Å². The highest BCUT2D eigenvalue weighted by Gasteiger charge is 2.24. The molecule has 1 aliphatic rings. The first-order chi connectivity index (χ1) is 13.2. The first-order valence-electron chi connectivity index (χ1n) is 9.52. The zero-order valence-electron chi connectivity index (χ0n) is 17.2. The molecule has 0 bridgehead atoms. The normalized spacial score (nSPS) is 17.9. The van der Waals surface area contributed by atoms with Gasteiger partial charge in [0.1, 0.15) is 5.75 Å². The maximum Gasteiger partial charge on any atom is 0.282 e. The van der Waals surface area contributed by atoms with E-state index >= 15 is 0 Å². The largest absolute Gasteiger partial charge is 0.496 e. The van der Waals surface area contributed by atoms with E-state index in [4.69, 9.17) is 21.1 Å². The maximum atomic E-state index is 12.9. The first-order valence-corrected chi connectivity index (χ1v) is 9.90. The Morgan fingerprint density at radius 1 is 1.36 bits per heavy atom. The minimum atomic E-state index is -0.383. The molecular weight excluding hydrogens is 378 g/mol. The van der Waals surface area contributed by atoms with Crippen LogP contribution in [-0.4, -0.2) is 35.1 Å². The Kier molecular flexibility index (Phi) is 6.01. The van der Waals surface area contributed by atoms with Crippen LogP contribution in [-0.2, 0) is 23.7 Å². The molecule has 2 heterocycles.